The molecule has 0 bridgehead atoms. The van der Waals surface area contributed by atoms with Gasteiger partial charge in [0.2, 0.25) is 0 Å². The fraction of sp³-hybridized carbons (Fsp3) is 0.750. The highest BCUT2D eigenvalue weighted by molar-refractivity contribution is 7.91. The minimum Gasteiger partial charge on any atom is -0.388 e. The van der Waals surface area contributed by atoms with E-state index in [9.17, 15) is 13.5 Å². The number of anilines is 2. The predicted octanol–water partition coefficient (Wildman–Crippen LogP) is 1.63. The summed E-state index contributed by atoms with van der Waals surface area (Å²) >= 11 is 1.03. The maximum atomic E-state index is 12.0. The van der Waals surface area contributed by atoms with Crippen LogP contribution < -0.4 is 11.1 Å². The first kappa shape index (κ1) is 15.5. The third-order valence-electron chi connectivity index (χ3n) is 3.73. The summed E-state index contributed by atoms with van der Waals surface area (Å²) in [5.74, 6) is 0.0177. The van der Waals surface area contributed by atoms with Gasteiger partial charge in [-0.1, -0.05) is 26.2 Å². The summed E-state index contributed by atoms with van der Waals surface area (Å²) in [5, 5.41) is 13.9. The fourth-order valence-electron chi connectivity index (χ4n) is 2.48. The van der Waals surface area contributed by atoms with Crippen LogP contribution in [0.25, 0.3) is 0 Å². The first-order chi connectivity index (χ1) is 9.38. The van der Waals surface area contributed by atoms with Gasteiger partial charge in [-0.15, -0.1) is 0 Å². The Kier molecular flexibility index (Phi) is 4.55. The molecular weight excluding hydrogens is 298 g/mol. The number of aliphatic hydroxyl groups is 1. The van der Waals surface area contributed by atoms with Crippen molar-refractivity contribution in [3.63, 3.8) is 0 Å². The van der Waals surface area contributed by atoms with E-state index in [1.807, 2.05) is 0 Å². The molecule has 2 rings (SSSR count). The van der Waals surface area contributed by atoms with E-state index in [0.717, 1.165) is 43.6 Å². The lowest BCUT2D eigenvalue weighted by Crippen LogP contribution is -2.38. The van der Waals surface area contributed by atoms with Gasteiger partial charge in [0.1, 0.15) is 9.90 Å². The molecule has 0 aromatic carbocycles. The van der Waals surface area contributed by atoms with Gasteiger partial charge in [0.15, 0.2) is 15.7 Å². The number of nitrogens with zero attached hydrogens (tertiary/aromatic N) is 1. The number of aromatic nitrogens is 1. The second-order valence-electron chi connectivity index (χ2n) is 5.27. The van der Waals surface area contributed by atoms with Crippen molar-refractivity contribution in [2.45, 2.75) is 49.5 Å². The monoisotopic (exact) mass is 319 g/mol. The van der Waals surface area contributed by atoms with Crippen LogP contribution in [0.3, 0.4) is 0 Å². The summed E-state index contributed by atoms with van der Waals surface area (Å²) < 4.78 is 28.0. The van der Waals surface area contributed by atoms with Gasteiger partial charge in [0, 0.05) is 6.54 Å². The van der Waals surface area contributed by atoms with Gasteiger partial charge in [-0.3, -0.25) is 0 Å². The molecular formula is C12H21N3O3S2. The molecule has 4 N–H and O–H groups in total. The molecule has 1 aromatic rings. The van der Waals surface area contributed by atoms with Gasteiger partial charge in [-0.05, 0) is 24.4 Å². The number of sulfone groups is 1. The summed E-state index contributed by atoms with van der Waals surface area (Å²) in [6, 6.07) is 0. The van der Waals surface area contributed by atoms with Gasteiger partial charge in [0.05, 0.1) is 11.4 Å². The number of nitrogen functional groups attached to an aromatic ring is 1. The number of hydrogen-bond donors (Lipinski definition) is 3. The molecule has 0 saturated heterocycles. The molecule has 20 heavy (non-hydrogen) atoms. The molecule has 0 unspecified atom stereocenters. The highest BCUT2D eigenvalue weighted by Crippen LogP contribution is 2.34. The first-order valence-corrected chi connectivity index (χ1v) is 9.25. The van der Waals surface area contributed by atoms with Crippen molar-refractivity contribution in [1.29, 1.82) is 0 Å². The van der Waals surface area contributed by atoms with Crippen LogP contribution in [0, 0.1) is 0 Å². The predicted molar refractivity (Wildman–Crippen MR) is 80.8 cm³/mol. The number of nitrogens with one attached hydrogen (secondary N) is 1. The van der Waals surface area contributed by atoms with Crippen molar-refractivity contribution in [2.24, 2.45) is 0 Å². The van der Waals surface area contributed by atoms with E-state index in [2.05, 4.69) is 9.69 Å². The fourth-order valence-corrected chi connectivity index (χ4v) is 4.65. The minimum absolute atomic E-state index is 0.0193. The van der Waals surface area contributed by atoms with Crippen molar-refractivity contribution in [3.8, 4) is 0 Å². The summed E-state index contributed by atoms with van der Waals surface area (Å²) in [4.78, 5) is 0.0735. The molecule has 114 valence electrons. The summed E-state index contributed by atoms with van der Waals surface area (Å²) in [6.45, 7) is 1.91. The molecule has 0 radical (unpaired) electrons. The van der Waals surface area contributed by atoms with E-state index in [-0.39, 0.29) is 16.5 Å². The zero-order chi connectivity index (χ0) is 14.8. The highest BCUT2D eigenvalue weighted by Gasteiger charge is 2.31. The van der Waals surface area contributed by atoms with E-state index in [4.69, 9.17) is 5.73 Å². The molecule has 1 fully saturated rings. The normalized spacial score (nSPS) is 18.9. The van der Waals surface area contributed by atoms with Crippen LogP contribution in [-0.4, -0.2) is 35.8 Å². The lowest BCUT2D eigenvalue weighted by molar-refractivity contribution is 0.0167. The number of nitrogens with two attached hydrogens (primary N) is 1. The van der Waals surface area contributed by atoms with E-state index in [1.165, 1.54) is 0 Å². The summed E-state index contributed by atoms with van der Waals surface area (Å²) in [5.41, 5.74) is 4.90. The minimum atomic E-state index is -3.41. The van der Waals surface area contributed by atoms with Gasteiger partial charge in [0.25, 0.3) is 0 Å². The molecule has 1 aliphatic rings. The molecule has 0 amide bonds. The highest BCUT2D eigenvalue weighted by atomic mass is 32.2. The van der Waals surface area contributed by atoms with Crippen LogP contribution in [0.5, 0.6) is 0 Å². The average molecular weight is 319 g/mol. The summed E-state index contributed by atoms with van der Waals surface area (Å²) in [6.07, 6.45) is 4.63. The second kappa shape index (κ2) is 5.87. The Morgan fingerprint density at radius 2 is 2.05 bits per heavy atom. The van der Waals surface area contributed by atoms with Gasteiger partial charge < -0.3 is 16.2 Å². The van der Waals surface area contributed by atoms with Crippen molar-refractivity contribution in [3.05, 3.63) is 0 Å². The quantitative estimate of drug-likeness (QED) is 0.761. The smallest absolute Gasteiger partial charge is 0.184 e. The molecule has 0 aliphatic heterocycles. The van der Waals surface area contributed by atoms with E-state index < -0.39 is 15.4 Å². The van der Waals surface area contributed by atoms with Crippen LogP contribution in [-0.2, 0) is 9.84 Å². The van der Waals surface area contributed by atoms with Gasteiger partial charge in [-0.25, -0.2) is 8.42 Å². The Hall–Kier alpha value is -0.860. The zero-order valence-electron chi connectivity index (χ0n) is 11.6. The van der Waals surface area contributed by atoms with Crippen LogP contribution in [0.2, 0.25) is 0 Å². The van der Waals surface area contributed by atoms with Gasteiger partial charge >= 0.3 is 0 Å². The van der Waals surface area contributed by atoms with Crippen LogP contribution in [0.4, 0.5) is 10.8 Å². The molecule has 1 aliphatic carbocycles. The maximum Gasteiger partial charge on any atom is 0.184 e. The lowest BCUT2D eigenvalue weighted by atomic mass is 9.85. The molecule has 8 heteroatoms. The molecule has 0 spiro atoms. The Morgan fingerprint density at radius 1 is 1.40 bits per heavy atom. The zero-order valence-corrected chi connectivity index (χ0v) is 13.2. The Balaban J connectivity index is 2.15. The Bertz CT molecular complexity index is 563. The van der Waals surface area contributed by atoms with Crippen LogP contribution >= 0.6 is 11.5 Å². The molecule has 1 saturated carbocycles. The van der Waals surface area contributed by atoms with Crippen molar-refractivity contribution >= 4 is 32.2 Å². The molecule has 1 heterocycles. The molecule has 1 aromatic heterocycles. The number of hydrogen-bond acceptors (Lipinski definition) is 7. The maximum absolute atomic E-state index is 12.0. The Labute approximate surface area is 123 Å². The number of rotatable bonds is 5. The third kappa shape index (κ3) is 3.24. The third-order valence-corrected chi connectivity index (χ3v) is 6.47. The Morgan fingerprint density at radius 3 is 2.65 bits per heavy atom. The van der Waals surface area contributed by atoms with Gasteiger partial charge in [-0.2, -0.15) is 4.37 Å². The first-order valence-electron chi connectivity index (χ1n) is 6.82. The molecule has 0 atom stereocenters. The SMILES string of the molecule is CCS(=O)(=O)c1c(N)nsc1NCC1(O)CCCCC1. The van der Waals surface area contributed by atoms with Crippen molar-refractivity contribution in [1.82, 2.24) is 4.37 Å². The molecule has 6 nitrogen and oxygen atoms in total. The second-order valence-corrected chi connectivity index (χ2v) is 8.26. The largest absolute Gasteiger partial charge is 0.388 e. The average Bonchev–Trinajstić information content (AvgIpc) is 2.79. The van der Waals surface area contributed by atoms with E-state index in [0.29, 0.717) is 11.5 Å². The standard InChI is InChI=1S/C12H21N3O3S2/c1-2-20(17,18)9-10(13)15-19-11(9)14-8-12(16)6-4-3-5-7-12/h14,16H,2-8H2,1H3,(H2,13,15). The van der Waals surface area contributed by atoms with Crippen molar-refractivity contribution < 1.29 is 13.5 Å². The van der Waals surface area contributed by atoms with Crippen molar-refractivity contribution in [2.75, 3.05) is 23.3 Å². The van der Waals surface area contributed by atoms with E-state index in [1.54, 1.807) is 6.92 Å². The van der Waals surface area contributed by atoms with Crippen LogP contribution in [0.15, 0.2) is 4.90 Å². The van der Waals surface area contributed by atoms with E-state index >= 15 is 0 Å². The lowest BCUT2D eigenvalue weighted by Gasteiger charge is -2.32. The topological polar surface area (TPSA) is 105 Å². The van der Waals surface area contributed by atoms with Crippen LogP contribution in [0.1, 0.15) is 39.0 Å². The summed E-state index contributed by atoms with van der Waals surface area (Å²) in [7, 11) is -3.41.